The lowest BCUT2D eigenvalue weighted by atomic mass is 10.0. The van der Waals surface area contributed by atoms with Gasteiger partial charge < -0.3 is 27.2 Å². The Morgan fingerprint density at radius 3 is 1.33 bits per heavy atom. The summed E-state index contributed by atoms with van der Waals surface area (Å²) >= 11 is 3.46. The molecule has 8 aromatic heterocycles. The van der Waals surface area contributed by atoms with Gasteiger partial charge in [-0.15, -0.1) is 0 Å². The van der Waals surface area contributed by atoms with Gasteiger partial charge >= 0.3 is 0 Å². The fraction of sp³-hybridized carbons (Fsp3) is 0. The summed E-state index contributed by atoms with van der Waals surface area (Å²) in [7, 11) is 0. The van der Waals surface area contributed by atoms with E-state index < -0.39 is 0 Å². The van der Waals surface area contributed by atoms with Crippen LogP contribution in [0.3, 0.4) is 0 Å². The molecule has 0 unspecified atom stereocenters. The molecule has 0 saturated carbocycles. The summed E-state index contributed by atoms with van der Waals surface area (Å²) in [4.78, 5) is 3.63. The smallest absolute Gasteiger partial charge is 0.135 e. The molecule has 0 amide bonds. The van der Waals surface area contributed by atoms with Gasteiger partial charge in [0.15, 0.2) is 0 Å². The molecule has 1 N–H and O–H groups in total. The van der Waals surface area contributed by atoms with Crippen molar-refractivity contribution in [3.63, 3.8) is 0 Å². The molecule has 0 aliphatic carbocycles. The molecule has 0 radical (unpaired) electrons. The average molecular weight is 1070 g/mol. The zero-order valence-electron chi connectivity index (χ0n) is 42.1. The Morgan fingerprint density at radius 1 is 0.278 bits per heavy atom. The van der Waals surface area contributed by atoms with Gasteiger partial charge in [-0.3, -0.25) is 0 Å². The van der Waals surface area contributed by atoms with E-state index in [1.54, 1.807) is 0 Å². The third kappa shape index (κ3) is 5.89. The Balaban J connectivity index is 0.000000104. The lowest BCUT2D eigenvalue weighted by Gasteiger charge is -2.09. The topological polar surface area (TPSA) is 55.8 Å². The van der Waals surface area contributed by atoms with Gasteiger partial charge in [-0.2, -0.15) is 0 Å². The van der Waals surface area contributed by atoms with Crippen molar-refractivity contribution < 1.29 is 8.83 Å². The maximum absolute atomic E-state index is 6.16. The molecule has 0 bridgehead atoms. The molecule has 12 aromatic carbocycles. The number of aromatic nitrogens is 4. The van der Waals surface area contributed by atoms with Crippen molar-refractivity contribution in [3.8, 4) is 5.69 Å². The molecule has 6 nitrogen and oxygen atoms in total. The molecule has 0 aliphatic heterocycles. The summed E-state index contributed by atoms with van der Waals surface area (Å²) in [6.45, 7) is 0. The van der Waals surface area contributed by atoms with E-state index in [4.69, 9.17) is 8.83 Å². The lowest BCUT2D eigenvalue weighted by Crippen LogP contribution is -1.94. The van der Waals surface area contributed by atoms with Crippen molar-refractivity contribution in [1.29, 1.82) is 0 Å². The fourth-order valence-corrected chi connectivity index (χ4v) is 14.0. The van der Waals surface area contributed by atoms with Crippen LogP contribution in [0, 0.1) is 0 Å². The number of H-pyrrole nitrogens is 1. The minimum atomic E-state index is 0.916. The van der Waals surface area contributed by atoms with Crippen LogP contribution in [0.2, 0.25) is 0 Å². The van der Waals surface area contributed by atoms with Crippen LogP contribution in [-0.2, 0) is 0 Å². The molecular weight excluding hydrogens is 1030 g/mol. The molecule has 0 atom stereocenters. The minimum Gasteiger partial charge on any atom is -0.456 e. The average Bonchev–Trinajstić information content (AvgIpc) is 4.52. The SMILES string of the molecule is Brc1ccc2oc3ccccc3c2c1.c1cc2[nH]c3ccc4c5ccccc5n5c6ccccc6c(c1)c2c3c45.c1ccc2c(c1)oc1ccc(-n3c4cccc5c6ccccc6n6c7ccccc7c7ccc3c(c54)c76)cc12. The summed E-state index contributed by atoms with van der Waals surface area (Å²) in [6, 6.07) is 86.6. The first-order chi connectivity index (χ1) is 39.1. The second-order valence-corrected chi connectivity index (χ2v) is 21.8. The van der Waals surface area contributed by atoms with E-state index >= 15 is 0 Å². The Hall–Kier alpha value is -10.1. The van der Waals surface area contributed by atoms with Crippen LogP contribution in [0.15, 0.2) is 256 Å². The van der Waals surface area contributed by atoms with Gasteiger partial charge in [0, 0.05) is 96.6 Å². The van der Waals surface area contributed by atoms with E-state index in [0.29, 0.717) is 0 Å². The van der Waals surface area contributed by atoms with E-state index in [9.17, 15) is 0 Å². The number of nitrogens with zero attached hydrogens (tertiary/aromatic N) is 3. The maximum Gasteiger partial charge on any atom is 0.135 e. The number of para-hydroxylation sites is 6. The quantitative estimate of drug-likeness (QED) is 0.178. The number of aromatic amines is 1. The van der Waals surface area contributed by atoms with Gasteiger partial charge in [-0.1, -0.05) is 162 Å². The second kappa shape index (κ2) is 16.0. The maximum atomic E-state index is 6.16. The van der Waals surface area contributed by atoms with Crippen LogP contribution in [0.4, 0.5) is 0 Å². The van der Waals surface area contributed by atoms with E-state index in [1.165, 1.54) is 125 Å². The van der Waals surface area contributed by atoms with Crippen LogP contribution in [0.25, 0.3) is 169 Å². The number of nitrogens with one attached hydrogen (secondary N) is 1. The van der Waals surface area contributed by atoms with Crippen LogP contribution in [-0.4, -0.2) is 18.4 Å². The van der Waals surface area contributed by atoms with Crippen LogP contribution < -0.4 is 0 Å². The highest BCUT2D eigenvalue weighted by molar-refractivity contribution is 9.10. The van der Waals surface area contributed by atoms with Crippen molar-refractivity contribution in [1.82, 2.24) is 18.4 Å². The monoisotopic (exact) mass is 1070 g/mol. The molecule has 0 spiro atoms. The molecule has 8 heterocycles. The third-order valence-electron chi connectivity index (χ3n) is 16.8. The first kappa shape index (κ1) is 43.1. The van der Waals surface area contributed by atoms with Crippen LogP contribution >= 0.6 is 15.9 Å². The number of hydrogen-bond donors (Lipinski definition) is 1. The third-order valence-corrected chi connectivity index (χ3v) is 17.3. The van der Waals surface area contributed by atoms with Crippen molar-refractivity contribution in [2.45, 2.75) is 0 Å². The highest BCUT2D eigenvalue weighted by Crippen LogP contribution is 2.47. The predicted octanol–water partition coefficient (Wildman–Crippen LogP) is 20.7. The van der Waals surface area contributed by atoms with Gasteiger partial charge in [0.2, 0.25) is 0 Å². The Morgan fingerprint density at radius 2 is 0.709 bits per heavy atom. The summed E-state index contributed by atoms with van der Waals surface area (Å²) in [5.74, 6) is 0. The minimum absolute atomic E-state index is 0.916. The van der Waals surface area contributed by atoms with Crippen molar-refractivity contribution in [2.24, 2.45) is 0 Å². The molecule has 20 aromatic rings. The van der Waals surface area contributed by atoms with Gasteiger partial charge in [0.05, 0.1) is 44.1 Å². The lowest BCUT2D eigenvalue weighted by molar-refractivity contribution is 0.668. The van der Waals surface area contributed by atoms with Crippen molar-refractivity contribution >= 4 is 180 Å². The van der Waals surface area contributed by atoms with Crippen molar-refractivity contribution in [2.75, 3.05) is 0 Å². The number of furan rings is 2. The van der Waals surface area contributed by atoms with E-state index in [-0.39, 0.29) is 0 Å². The molecule has 0 fully saturated rings. The number of rotatable bonds is 1. The Labute approximate surface area is 456 Å². The normalized spacial score (nSPS) is 12.4. The predicted molar refractivity (Wildman–Crippen MR) is 335 cm³/mol. The van der Waals surface area contributed by atoms with Gasteiger partial charge in [0.25, 0.3) is 0 Å². The first-order valence-electron chi connectivity index (χ1n) is 26.8. The van der Waals surface area contributed by atoms with E-state index in [0.717, 1.165) is 48.7 Å². The summed E-state index contributed by atoms with van der Waals surface area (Å²) in [5.41, 5.74) is 17.3. The summed E-state index contributed by atoms with van der Waals surface area (Å²) in [5, 5.41) is 20.3. The second-order valence-electron chi connectivity index (χ2n) is 20.9. The van der Waals surface area contributed by atoms with Gasteiger partial charge in [-0.05, 0) is 108 Å². The Kier molecular flexibility index (Phi) is 8.72. The number of fused-ring (bicyclic) bond motifs is 18. The number of halogens is 1. The standard InChI is InChI=1S/C36H20N2O.C24H14N2.C12H7BrO/c1-4-12-28-22(8-1)25-11-7-14-30-34(25)35-31(18-17-26-23-9-2-5-13-29(23)38(28)36(26)35)37(30)21-16-19-33-27(20-21)24-10-3-6-15-32(24)39-33;1-3-10-20-14(6-1)16-8-5-9-18-22(16)23-19(25-18)13-12-17-15-7-2-4-11-21(15)26(20)24(17)23;13-8-5-6-12-10(7-8)9-3-1-2-4-11(9)14-12/h1-20H;1-13,25H;1-7H. The Bertz CT molecular complexity index is 5890. The largest absolute Gasteiger partial charge is 0.456 e. The summed E-state index contributed by atoms with van der Waals surface area (Å²) < 4.78 is 20.3. The molecule has 0 aliphatic rings. The van der Waals surface area contributed by atoms with Gasteiger partial charge in [0.1, 0.15) is 22.3 Å². The molecule has 20 rings (SSSR count). The molecule has 368 valence electrons. The van der Waals surface area contributed by atoms with Crippen LogP contribution in [0.1, 0.15) is 0 Å². The highest BCUT2D eigenvalue weighted by Gasteiger charge is 2.24. The van der Waals surface area contributed by atoms with E-state index in [2.05, 4.69) is 234 Å². The van der Waals surface area contributed by atoms with Gasteiger partial charge in [-0.25, -0.2) is 0 Å². The molecular formula is C72H41BrN4O2. The molecule has 0 saturated heterocycles. The molecule has 7 heteroatoms. The number of benzene rings is 12. The van der Waals surface area contributed by atoms with E-state index in [1.807, 2.05) is 42.5 Å². The highest BCUT2D eigenvalue weighted by atomic mass is 79.9. The zero-order valence-corrected chi connectivity index (χ0v) is 43.7. The number of hydrogen-bond acceptors (Lipinski definition) is 2. The summed E-state index contributed by atoms with van der Waals surface area (Å²) in [6.07, 6.45) is 0. The van der Waals surface area contributed by atoms with Crippen LogP contribution in [0.5, 0.6) is 0 Å². The van der Waals surface area contributed by atoms with Crippen molar-refractivity contribution in [3.05, 3.63) is 247 Å². The molecule has 79 heavy (non-hydrogen) atoms. The fourth-order valence-electron chi connectivity index (χ4n) is 13.7. The first-order valence-corrected chi connectivity index (χ1v) is 27.6. The zero-order chi connectivity index (χ0) is 51.6.